The number of aromatic nitrogens is 2. The van der Waals surface area contributed by atoms with Gasteiger partial charge in [0.15, 0.2) is 0 Å². The molecule has 0 amide bonds. The zero-order valence-corrected chi connectivity index (χ0v) is 10.2. The van der Waals surface area contributed by atoms with Crippen molar-refractivity contribution in [3.8, 4) is 0 Å². The third-order valence-electron chi connectivity index (χ3n) is 2.15. The van der Waals surface area contributed by atoms with E-state index in [2.05, 4.69) is 9.97 Å². The molecule has 1 rings (SSSR count). The Kier molecular flexibility index (Phi) is 3.70. The van der Waals surface area contributed by atoms with Crippen LogP contribution in [0.5, 0.6) is 0 Å². The van der Waals surface area contributed by atoms with Crippen molar-refractivity contribution in [3.05, 3.63) is 22.2 Å². The Bertz CT molecular complexity index is 406. The summed E-state index contributed by atoms with van der Waals surface area (Å²) in [5.74, 6) is 0.701. The van der Waals surface area contributed by atoms with Gasteiger partial charge >= 0.3 is 0 Å². The van der Waals surface area contributed by atoms with E-state index in [1.165, 1.54) is 6.07 Å². The maximum absolute atomic E-state index is 11.3. The van der Waals surface area contributed by atoms with Crippen LogP contribution in [-0.4, -0.2) is 16.6 Å². The second-order valence-corrected chi connectivity index (χ2v) is 4.76. The van der Waals surface area contributed by atoms with Crippen LogP contribution in [0.4, 0.5) is 5.82 Å². The first-order valence-electron chi connectivity index (χ1n) is 5.33. The van der Waals surface area contributed by atoms with Gasteiger partial charge in [0.25, 0.3) is 5.56 Å². The van der Waals surface area contributed by atoms with Gasteiger partial charge in [0.05, 0.1) is 0 Å². The van der Waals surface area contributed by atoms with Crippen molar-refractivity contribution in [2.75, 3.05) is 12.3 Å². The van der Waals surface area contributed by atoms with Gasteiger partial charge in [-0.3, -0.25) is 4.79 Å². The third-order valence-corrected chi connectivity index (χ3v) is 2.15. The third kappa shape index (κ3) is 3.06. The van der Waals surface area contributed by atoms with Crippen LogP contribution in [0.15, 0.2) is 10.9 Å². The Hall–Kier alpha value is -1.36. The summed E-state index contributed by atoms with van der Waals surface area (Å²) < 4.78 is 5.61. The van der Waals surface area contributed by atoms with E-state index in [0.717, 1.165) is 0 Å². The molecule has 90 valence electrons. The molecule has 5 heteroatoms. The number of rotatable bonds is 3. The van der Waals surface area contributed by atoms with Crippen molar-refractivity contribution >= 4 is 5.82 Å². The Morgan fingerprint density at radius 1 is 1.56 bits per heavy atom. The molecule has 0 fully saturated rings. The van der Waals surface area contributed by atoms with Crippen LogP contribution in [0.1, 0.15) is 39.6 Å². The zero-order valence-electron chi connectivity index (χ0n) is 10.2. The predicted molar refractivity (Wildman–Crippen MR) is 63.1 cm³/mol. The smallest absolute Gasteiger partial charge is 0.253 e. The Balaban J connectivity index is 3.15. The first-order valence-corrected chi connectivity index (χ1v) is 5.33. The van der Waals surface area contributed by atoms with Crippen molar-refractivity contribution < 1.29 is 4.74 Å². The summed E-state index contributed by atoms with van der Waals surface area (Å²) in [7, 11) is 0. The van der Waals surface area contributed by atoms with Crippen molar-refractivity contribution in [3.63, 3.8) is 0 Å². The minimum Gasteiger partial charge on any atom is -0.383 e. The summed E-state index contributed by atoms with van der Waals surface area (Å²) in [5, 5.41) is 0. The van der Waals surface area contributed by atoms with E-state index in [-0.39, 0.29) is 22.9 Å². The second kappa shape index (κ2) is 4.65. The number of H-pyrrole nitrogens is 1. The van der Waals surface area contributed by atoms with Crippen LogP contribution in [0.2, 0.25) is 0 Å². The van der Waals surface area contributed by atoms with Gasteiger partial charge in [-0.05, 0) is 12.3 Å². The lowest BCUT2D eigenvalue weighted by Gasteiger charge is -2.29. The number of aromatic amines is 1. The summed E-state index contributed by atoms with van der Waals surface area (Å²) in [6.45, 7) is 8.53. The molecule has 16 heavy (non-hydrogen) atoms. The summed E-state index contributed by atoms with van der Waals surface area (Å²) in [4.78, 5) is 18.1. The maximum Gasteiger partial charge on any atom is 0.253 e. The SMILES string of the molecule is CCOC(c1nc(N)cc(=O)[nH]1)C(C)(C)C. The van der Waals surface area contributed by atoms with Gasteiger partial charge in [0, 0.05) is 12.7 Å². The van der Waals surface area contributed by atoms with Gasteiger partial charge in [-0.1, -0.05) is 20.8 Å². The van der Waals surface area contributed by atoms with Crippen LogP contribution in [0.3, 0.4) is 0 Å². The van der Waals surface area contributed by atoms with Gasteiger partial charge in [-0.15, -0.1) is 0 Å². The Labute approximate surface area is 95.0 Å². The number of nitrogens with one attached hydrogen (secondary N) is 1. The van der Waals surface area contributed by atoms with Crippen molar-refractivity contribution in [2.45, 2.75) is 33.8 Å². The number of nitrogen functional groups attached to an aromatic ring is 1. The summed E-state index contributed by atoms with van der Waals surface area (Å²) >= 11 is 0. The molecule has 3 N–H and O–H groups in total. The van der Waals surface area contributed by atoms with E-state index < -0.39 is 0 Å². The molecular formula is C11H19N3O2. The van der Waals surface area contributed by atoms with E-state index >= 15 is 0 Å². The number of anilines is 1. The van der Waals surface area contributed by atoms with E-state index in [1.807, 2.05) is 27.7 Å². The van der Waals surface area contributed by atoms with Crippen LogP contribution in [0.25, 0.3) is 0 Å². The molecule has 0 saturated heterocycles. The Morgan fingerprint density at radius 2 is 2.19 bits per heavy atom. The lowest BCUT2D eigenvalue weighted by molar-refractivity contribution is -0.0191. The van der Waals surface area contributed by atoms with E-state index in [0.29, 0.717) is 12.4 Å². The number of nitrogens with zero attached hydrogens (tertiary/aromatic N) is 1. The zero-order chi connectivity index (χ0) is 12.3. The normalized spacial score (nSPS) is 13.8. The lowest BCUT2D eigenvalue weighted by atomic mass is 9.88. The van der Waals surface area contributed by atoms with Crippen LogP contribution >= 0.6 is 0 Å². The van der Waals surface area contributed by atoms with Gasteiger partial charge in [0.2, 0.25) is 0 Å². The highest BCUT2D eigenvalue weighted by molar-refractivity contribution is 5.26. The highest BCUT2D eigenvalue weighted by Crippen LogP contribution is 2.33. The van der Waals surface area contributed by atoms with Gasteiger partial charge in [-0.2, -0.15) is 0 Å². The van der Waals surface area contributed by atoms with Gasteiger partial charge in [0.1, 0.15) is 17.7 Å². The fraction of sp³-hybridized carbons (Fsp3) is 0.636. The van der Waals surface area contributed by atoms with E-state index in [4.69, 9.17) is 10.5 Å². The molecule has 1 aromatic rings. The molecule has 1 heterocycles. The quantitative estimate of drug-likeness (QED) is 0.816. The van der Waals surface area contributed by atoms with Gasteiger partial charge in [-0.25, -0.2) is 4.98 Å². The highest BCUT2D eigenvalue weighted by atomic mass is 16.5. The first-order chi connectivity index (χ1) is 7.34. The maximum atomic E-state index is 11.3. The van der Waals surface area contributed by atoms with Crippen molar-refractivity contribution in [1.29, 1.82) is 0 Å². The topological polar surface area (TPSA) is 81.0 Å². The Morgan fingerprint density at radius 3 is 2.62 bits per heavy atom. The minimum absolute atomic E-state index is 0.153. The fourth-order valence-electron chi connectivity index (χ4n) is 1.53. The molecule has 0 spiro atoms. The monoisotopic (exact) mass is 225 g/mol. The van der Waals surface area contributed by atoms with E-state index in [9.17, 15) is 4.79 Å². The largest absolute Gasteiger partial charge is 0.383 e. The molecule has 1 atom stereocenters. The van der Waals surface area contributed by atoms with Crippen LogP contribution in [-0.2, 0) is 4.74 Å². The molecule has 0 saturated carbocycles. The lowest BCUT2D eigenvalue weighted by Crippen LogP contribution is -2.26. The molecule has 0 radical (unpaired) electrons. The molecule has 0 aliphatic heterocycles. The second-order valence-electron chi connectivity index (χ2n) is 4.76. The van der Waals surface area contributed by atoms with E-state index in [1.54, 1.807) is 0 Å². The number of hydrogen-bond acceptors (Lipinski definition) is 4. The van der Waals surface area contributed by atoms with Gasteiger partial charge < -0.3 is 15.5 Å². The molecule has 0 bridgehead atoms. The average molecular weight is 225 g/mol. The molecule has 0 aliphatic rings. The molecule has 0 aromatic carbocycles. The number of ether oxygens (including phenoxy) is 1. The summed E-state index contributed by atoms with van der Waals surface area (Å²) in [6, 6.07) is 1.26. The molecular weight excluding hydrogens is 206 g/mol. The number of nitrogens with two attached hydrogens (primary N) is 1. The van der Waals surface area contributed by atoms with Crippen LogP contribution < -0.4 is 11.3 Å². The highest BCUT2D eigenvalue weighted by Gasteiger charge is 2.29. The predicted octanol–water partition coefficient (Wildman–Crippen LogP) is 1.48. The summed E-state index contributed by atoms with van der Waals surface area (Å²) in [6.07, 6.45) is -0.270. The first kappa shape index (κ1) is 12.7. The molecule has 0 aliphatic carbocycles. The summed E-state index contributed by atoms with van der Waals surface area (Å²) in [5.41, 5.74) is 5.14. The van der Waals surface area contributed by atoms with Crippen LogP contribution in [0, 0.1) is 5.41 Å². The standard InChI is InChI=1S/C11H19N3O2/c1-5-16-9(11(2,3)4)10-13-7(12)6-8(15)14-10/h6,9H,5H2,1-4H3,(H3,12,13,14,15). The molecule has 1 aromatic heterocycles. The fourth-order valence-corrected chi connectivity index (χ4v) is 1.53. The van der Waals surface area contributed by atoms with Crippen molar-refractivity contribution in [1.82, 2.24) is 9.97 Å². The van der Waals surface area contributed by atoms with Crippen molar-refractivity contribution in [2.24, 2.45) is 5.41 Å². The minimum atomic E-state index is -0.270. The average Bonchev–Trinajstić information content (AvgIpc) is 2.10. The number of hydrogen-bond donors (Lipinski definition) is 2. The molecule has 1 unspecified atom stereocenters. The molecule has 5 nitrogen and oxygen atoms in total.